The minimum Gasteiger partial charge on any atom is -0.373 e. The molecule has 0 saturated heterocycles. The molecule has 0 aliphatic heterocycles. The molecule has 2 rings (SSSR count). The Balaban J connectivity index is 2.08. The standard InChI is InChI=1S/C12H12ClN5O/c1-14-11-4-9(10(13)6-16-11)12(19)17-5-8-2-3-15-7-18-8/h2-4,6-7H,5H2,1H3,(H,14,16)(H,17,19). The maximum absolute atomic E-state index is 12.0. The van der Waals surface area contributed by atoms with Gasteiger partial charge in [0.1, 0.15) is 12.1 Å². The molecule has 0 aromatic carbocycles. The van der Waals surface area contributed by atoms with Crippen molar-refractivity contribution < 1.29 is 4.79 Å². The first-order chi connectivity index (χ1) is 9.20. The van der Waals surface area contributed by atoms with Crippen LogP contribution in [-0.2, 0) is 6.54 Å². The molecule has 19 heavy (non-hydrogen) atoms. The third kappa shape index (κ3) is 3.38. The average molecular weight is 278 g/mol. The second kappa shape index (κ2) is 6.10. The fourth-order valence-electron chi connectivity index (χ4n) is 1.44. The number of aromatic nitrogens is 3. The molecule has 6 nitrogen and oxygen atoms in total. The van der Waals surface area contributed by atoms with E-state index >= 15 is 0 Å². The summed E-state index contributed by atoms with van der Waals surface area (Å²) in [7, 11) is 1.72. The lowest BCUT2D eigenvalue weighted by Gasteiger charge is -2.07. The smallest absolute Gasteiger partial charge is 0.253 e. The molecular formula is C12H12ClN5O. The average Bonchev–Trinajstić information content (AvgIpc) is 2.46. The number of carbonyl (C=O) groups excluding carboxylic acids is 1. The fourth-order valence-corrected chi connectivity index (χ4v) is 1.63. The van der Waals surface area contributed by atoms with Gasteiger partial charge >= 0.3 is 0 Å². The molecule has 0 aliphatic rings. The summed E-state index contributed by atoms with van der Waals surface area (Å²) < 4.78 is 0. The summed E-state index contributed by atoms with van der Waals surface area (Å²) in [5.41, 5.74) is 1.09. The molecule has 2 aromatic rings. The predicted octanol–water partition coefficient (Wildman–Crippen LogP) is 1.50. The van der Waals surface area contributed by atoms with E-state index in [1.165, 1.54) is 12.5 Å². The minimum atomic E-state index is -0.275. The summed E-state index contributed by atoms with van der Waals surface area (Å²) in [5, 5.41) is 5.90. The summed E-state index contributed by atoms with van der Waals surface area (Å²) in [5.74, 6) is 0.305. The van der Waals surface area contributed by atoms with Crippen molar-refractivity contribution in [2.45, 2.75) is 6.54 Å². The van der Waals surface area contributed by atoms with E-state index in [4.69, 9.17) is 11.6 Å². The van der Waals surface area contributed by atoms with Crippen molar-refractivity contribution in [3.05, 3.63) is 47.1 Å². The van der Waals surface area contributed by atoms with Crippen LogP contribution in [0.3, 0.4) is 0 Å². The van der Waals surface area contributed by atoms with Crippen molar-refractivity contribution in [2.75, 3.05) is 12.4 Å². The molecule has 0 radical (unpaired) electrons. The normalized spacial score (nSPS) is 10.0. The monoisotopic (exact) mass is 277 g/mol. The number of nitrogens with one attached hydrogen (secondary N) is 2. The molecule has 98 valence electrons. The van der Waals surface area contributed by atoms with Crippen LogP contribution in [-0.4, -0.2) is 27.9 Å². The number of rotatable bonds is 4. The van der Waals surface area contributed by atoms with E-state index in [-0.39, 0.29) is 5.91 Å². The Kier molecular flexibility index (Phi) is 4.25. The van der Waals surface area contributed by atoms with Gasteiger partial charge in [0, 0.05) is 19.4 Å². The van der Waals surface area contributed by atoms with Gasteiger partial charge < -0.3 is 10.6 Å². The first-order valence-electron chi connectivity index (χ1n) is 5.57. The summed E-state index contributed by atoms with van der Waals surface area (Å²) in [6.07, 6.45) is 4.49. The van der Waals surface area contributed by atoms with Crippen LogP contribution < -0.4 is 10.6 Å². The molecular weight excluding hydrogens is 266 g/mol. The largest absolute Gasteiger partial charge is 0.373 e. The highest BCUT2D eigenvalue weighted by Crippen LogP contribution is 2.17. The van der Waals surface area contributed by atoms with E-state index in [1.807, 2.05) is 0 Å². The molecule has 0 fully saturated rings. The summed E-state index contributed by atoms with van der Waals surface area (Å²) in [6.45, 7) is 0.314. The second-order valence-electron chi connectivity index (χ2n) is 3.68. The van der Waals surface area contributed by atoms with E-state index in [1.54, 1.807) is 25.4 Å². The van der Waals surface area contributed by atoms with Crippen LogP contribution in [0.25, 0.3) is 0 Å². The summed E-state index contributed by atoms with van der Waals surface area (Å²) in [6, 6.07) is 3.32. The lowest BCUT2D eigenvalue weighted by molar-refractivity contribution is 0.0950. The Morgan fingerprint density at radius 1 is 1.42 bits per heavy atom. The highest BCUT2D eigenvalue weighted by atomic mass is 35.5. The summed E-state index contributed by atoms with van der Waals surface area (Å²) >= 11 is 5.95. The molecule has 0 atom stereocenters. The quantitative estimate of drug-likeness (QED) is 0.885. The lowest BCUT2D eigenvalue weighted by atomic mass is 10.2. The third-order valence-corrected chi connectivity index (χ3v) is 2.73. The molecule has 0 unspecified atom stereocenters. The number of pyridine rings is 1. The highest BCUT2D eigenvalue weighted by molar-refractivity contribution is 6.33. The molecule has 0 bridgehead atoms. The van der Waals surface area contributed by atoms with Crippen molar-refractivity contribution in [2.24, 2.45) is 0 Å². The van der Waals surface area contributed by atoms with Gasteiger partial charge in [0.15, 0.2) is 0 Å². The molecule has 1 amide bonds. The second-order valence-corrected chi connectivity index (χ2v) is 4.09. The summed E-state index contributed by atoms with van der Waals surface area (Å²) in [4.78, 5) is 23.8. The topological polar surface area (TPSA) is 79.8 Å². The van der Waals surface area contributed by atoms with Gasteiger partial charge in [0.05, 0.1) is 22.8 Å². The van der Waals surface area contributed by atoms with Crippen LogP contribution in [0.1, 0.15) is 16.1 Å². The number of carbonyl (C=O) groups is 1. The first-order valence-corrected chi connectivity index (χ1v) is 5.95. The van der Waals surface area contributed by atoms with Crippen molar-refractivity contribution in [1.29, 1.82) is 0 Å². The van der Waals surface area contributed by atoms with E-state index < -0.39 is 0 Å². The van der Waals surface area contributed by atoms with Crippen LogP contribution in [0.2, 0.25) is 5.02 Å². The zero-order chi connectivity index (χ0) is 13.7. The molecule has 2 aromatic heterocycles. The zero-order valence-electron chi connectivity index (χ0n) is 10.2. The van der Waals surface area contributed by atoms with Gasteiger partial charge in [-0.15, -0.1) is 0 Å². The number of amides is 1. The van der Waals surface area contributed by atoms with Gasteiger partial charge in [-0.05, 0) is 12.1 Å². The van der Waals surface area contributed by atoms with Crippen LogP contribution in [0.15, 0.2) is 30.9 Å². The number of hydrogen-bond donors (Lipinski definition) is 2. The van der Waals surface area contributed by atoms with E-state index in [0.717, 1.165) is 5.69 Å². The fraction of sp³-hybridized carbons (Fsp3) is 0.167. The number of anilines is 1. The lowest BCUT2D eigenvalue weighted by Crippen LogP contribution is -2.23. The molecule has 7 heteroatoms. The Morgan fingerprint density at radius 3 is 2.95 bits per heavy atom. The molecule has 2 heterocycles. The van der Waals surface area contributed by atoms with Crippen molar-refractivity contribution in [3.8, 4) is 0 Å². The van der Waals surface area contributed by atoms with Crippen LogP contribution >= 0.6 is 11.6 Å². The molecule has 2 N–H and O–H groups in total. The number of nitrogens with zero attached hydrogens (tertiary/aromatic N) is 3. The molecule has 0 spiro atoms. The first kappa shape index (κ1) is 13.2. The Morgan fingerprint density at radius 2 is 2.26 bits per heavy atom. The zero-order valence-corrected chi connectivity index (χ0v) is 11.0. The van der Waals surface area contributed by atoms with E-state index in [9.17, 15) is 4.79 Å². The van der Waals surface area contributed by atoms with Crippen molar-refractivity contribution in [3.63, 3.8) is 0 Å². The molecule has 0 saturated carbocycles. The van der Waals surface area contributed by atoms with Crippen LogP contribution in [0.4, 0.5) is 5.82 Å². The SMILES string of the molecule is CNc1cc(C(=O)NCc2ccncn2)c(Cl)cn1. The van der Waals surface area contributed by atoms with Crippen molar-refractivity contribution >= 4 is 23.3 Å². The highest BCUT2D eigenvalue weighted by Gasteiger charge is 2.11. The molecule has 0 aliphatic carbocycles. The van der Waals surface area contributed by atoms with Crippen molar-refractivity contribution in [1.82, 2.24) is 20.3 Å². The van der Waals surface area contributed by atoms with Crippen LogP contribution in [0.5, 0.6) is 0 Å². The minimum absolute atomic E-state index is 0.275. The van der Waals surface area contributed by atoms with Gasteiger partial charge in [-0.1, -0.05) is 11.6 Å². The van der Waals surface area contributed by atoms with E-state index in [0.29, 0.717) is 22.9 Å². The van der Waals surface area contributed by atoms with Gasteiger partial charge in [-0.25, -0.2) is 15.0 Å². The Bertz CT molecular complexity index is 576. The van der Waals surface area contributed by atoms with Gasteiger partial charge in [-0.3, -0.25) is 4.79 Å². The van der Waals surface area contributed by atoms with E-state index in [2.05, 4.69) is 25.6 Å². The number of hydrogen-bond acceptors (Lipinski definition) is 5. The van der Waals surface area contributed by atoms with Gasteiger partial charge in [0.25, 0.3) is 5.91 Å². The third-order valence-electron chi connectivity index (χ3n) is 2.43. The van der Waals surface area contributed by atoms with Crippen LogP contribution in [0, 0.1) is 0 Å². The maximum Gasteiger partial charge on any atom is 0.253 e. The number of halogens is 1. The van der Waals surface area contributed by atoms with Gasteiger partial charge in [-0.2, -0.15) is 0 Å². The van der Waals surface area contributed by atoms with Gasteiger partial charge in [0.2, 0.25) is 0 Å². The predicted molar refractivity (Wildman–Crippen MR) is 72.0 cm³/mol. The Labute approximate surface area is 115 Å². The Hall–Kier alpha value is -2.21. The maximum atomic E-state index is 12.0.